The van der Waals surface area contributed by atoms with E-state index in [1.165, 1.54) is 23.1 Å². The highest BCUT2D eigenvalue weighted by Crippen LogP contribution is 2.23. The fourth-order valence-electron chi connectivity index (χ4n) is 3.03. The van der Waals surface area contributed by atoms with Crippen LogP contribution in [0, 0.1) is 5.82 Å². The number of nitrogens with one attached hydrogen (secondary N) is 1. The van der Waals surface area contributed by atoms with Crippen molar-refractivity contribution in [3.05, 3.63) is 60.0 Å². The van der Waals surface area contributed by atoms with Crippen molar-refractivity contribution in [3.8, 4) is 5.75 Å². The number of aromatic nitrogens is 2. The van der Waals surface area contributed by atoms with Crippen molar-refractivity contribution in [2.24, 2.45) is 0 Å². The number of aromatic amines is 1. The van der Waals surface area contributed by atoms with Gasteiger partial charge >= 0.3 is 0 Å². The molecule has 0 radical (unpaired) electrons. The van der Waals surface area contributed by atoms with Gasteiger partial charge in [-0.05, 0) is 18.2 Å². The van der Waals surface area contributed by atoms with E-state index < -0.39 is 18.0 Å². The highest BCUT2D eigenvalue weighted by Gasteiger charge is 2.37. The molecule has 25 heavy (non-hydrogen) atoms. The first-order valence-electron chi connectivity index (χ1n) is 7.94. The molecule has 1 aliphatic heterocycles. The van der Waals surface area contributed by atoms with Crippen LogP contribution in [-0.4, -0.2) is 51.4 Å². The number of carbonyl (C=O) groups excluding carboxylic acids is 1. The van der Waals surface area contributed by atoms with Gasteiger partial charge in [-0.2, -0.15) is 5.10 Å². The number of benzene rings is 2. The number of rotatable bonds is 3. The van der Waals surface area contributed by atoms with Gasteiger partial charge in [-0.1, -0.05) is 24.3 Å². The second-order valence-corrected chi connectivity index (χ2v) is 6.01. The fraction of sp³-hybridized carbons (Fsp3) is 0.222. The molecule has 1 aliphatic rings. The molecule has 3 aromatic rings. The Bertz CT molecular complexity index is 927. The maximum atomic E-state index is 13.3. The zero-order valence-electron chi connectivity index (χ0n) is 13.2. The Kier molecular flexibility index (Phi) is 3.85. The number of nitrogens with zero attached hydrogens (tertiary/aromatic N) is 2. The van der Waals surface area contributed by atoms with Crippen LogP contribution >= 0.6 is 0 Å². The van der Waals surface area contributed by atoms with E-state index in [0.717, 1.165) is 10.9 Å². The van der Waals surface area contributed by atoms with Gasteiger partial charge in [0.1, 0.15) is 23.8 Å². The van der Waals surface area contributed by atoms with E-state index in [0.29, 0.717) is 11.4 Å². The molecule has 0 bridgehead atoms. The quantitative estimate of drug-likeness (QED) is 0.763. The number of amides is 1. The molecule has 0 aliphatic carbocycles. The molecular weight excluding hydrogens is 325 g/mol. The molecule has 6 nitrogen and oxygen atoms in total. The van der Waals surface area contributed by atoms with Gasteiger partial charge in [-0.25, -0.2) is 4.39 Å². The maximum absolute atomic E-state index is 13.3. The number of likely N-dealkylation sites (tertiary alicyclic amines) is 1. The van der Waals surface area contributed by atoms with Crippen molar-refractivity contribution in [1.82, 2.24) is 15.1 Å². The minimum atomic E-state index is -0.850. The average molecular weight is 341 g/mol. The molecule has 0 spiro atoms. The van der Waals surface area contributed by atoms with E-state index >= 15 is 0 Å². The van der Waals surface area contributed by atoms with Crippen LogP contribution in [0.4, 0.5) is 4.39 Å². The third kappa shape index (κ3) is 2.94. The average Bonchev–Trinajstić information content (AvgIpc) is 3.19. The number of H-pyrrole nitrogens is 1. The molecule has 1 saturated heterocycles. The van der Waals surface area contributed by atoms with Crippen molar-refractivity contribution < 1.29 is 19.0 Å². The van der Waals surface area contributed by atoms with E-state index in [1.54, 1.807) is 6.07 Å². The third-order valence-corrected chi connectivity index (χ3v) is 4.28. The summed E-state index contributed by atoms with van der Waals surface area (Å²) in [4.78, 5) is 14.2. The van der Waals surface area contributed by atoms with Crippen LogP contribution in [-0.2, 0) is 0 Å². The summed E-state index contributed by atoms with van der Waals surface area (Å²) in [7, 11) is 0. The lowest BCUT2D eigenvalue weighted by Crippen LogP contribution is -2.31. The fourth-order valence-corrected chi connectivity index (χ4v) is 3.03. The van der Waals surface area contributed by atoms with Crippen molar-refractivity contribution in [1.29, 1.82) is 0 Å². The second kappa shape index (κ2) is 6.18. The Morgan fingerprint density at radius 1 is 1.24 bits per heavy atom. The van der Waals surface area contributed by atoms with E-state index in [2.05, 4.69) is 10.2 Å². The second-order valence-electron chi connectivity index (χ2n) is 6.01. The van der Waals surface area contributed by atoms with Crippen molar-refractivity contribution in [2.75, 3.05) is 13.1 Å². The zero-order valence-corrected chi connectivity index (χ0v) is 13.2. The summed E-state index contributed by atoms with van der Waals surface area (Å²) in [6.07, 6.45) is -1.46. The Morgan fingerprint density at radius 2 is 2.08 bits per heavy atom. The standard InChI is InChI=1S/C18H16FN3O3/c19-11-4-3-5-12(8-11)25-16-10-22(9-15(16)23)18(24)17-13-6-1-2-7-14(13)20-21-17/h1-8,15-16,23H,9-10H2,(H,20,21)/t15-,16-/m1/s1. The summed E-state index contributed by atoms with van der Waals surface area (Å²) >= 11 is 0. The number of ether oxygens (including phenoxy) is 1. The summed E-state index contributed by atoms with van der Waals surface area (Å²) in [6.45, 7) is 0.345. The van der Waals surface area contributed by atoms with Gasteiger partial charge in [0.25, 0.3) is 5.91 Å². The lowest BCUT2D eigenvalue weighted by atomic mass is 10.2. The zero-order chi connectivity index (χ0) is 17.4. The number of hydrogen-bond acceptors (Lipinski definition) is 4. The van der Waals surface area contributed by atoms with Crippen LogP contribution in [0.25, 0.3) is 10.9 Å². The van der Waals surface area contributed by atoms with E-state index in [-0.39, 0.29) is 19.0 Å². The lowest BCUT2D eigenvalue weighted by Gasteiger charge is -2.16. The largest absolute Gasteiger partial charge is 0.486 e. The number of hydrogen-bond donors (Lipinski definition) is 2. The van der Waals surface area contributed by atoms with E-state index in [1.807, 2.05) is 24.3 Å². The van der Waals surface area contributed by atoms with Crippen LogP contribution in [0.3, 0.4) is 0 Å². The molecule has 2 N–H and O–H groups in total. The van der Waals surface area contributed by atoms with Gasteiger partial charge in [0.15, 0.2) is 5.69 Å². The molecule has 128 valence electrons. The Morgan fingerprint density at radius 3 is 2.92 bits per heavy atom. The molecule has 1 fully saturated rings. The number of β-amino-alcohol motifs (C(OH)–C–C–N with tert-alkyl or cyclic N) is 1. The first-order chi connectivity index (χ1) is 12.1. The summed E-state index contributed by atoms with van der Waals surface area (Å²) < 4.78 is 18.9. The van der Waals surface area contributed by atoms with Crippen molar-refractivity contribution >= 4 is 16.8 Å². The summed E-state index contributed by atoms with van der Waals surface area (Å²) in [5, 5.41) is 17.9. The molecule has 4 rings (SSSR count). The van der Waals surface area contributed by atoms with Crippen LogP contribution in [0.2, 0.25) is 0 Å². The topological polar surface area (TPSA) is 78.5 Å². The predicted molar refractivity (Wildman–Crippen MR) is 88.8 cm³/mol. The third-order valence-electron chi connectivity index (χ3n) is 4.28. The smallest absolute Gasteiger partial charge is 0.275 e. The van der Waals surface area contributed by atoms with E-state index in [9.17, 15) is 14.3 Å². The molecule has 2 atom stereocenters. The first kappa shape index (κ1) is 15.6. The van der Waals surface area contributed by atoms with E-state index in [4.69, 9.17) is 4.74 Å². The predicted octanol–water partition coefficient (Wildman–Crippen LogP) is 1.97. The van der Waals surface area contributed by atoms with Crippen LogP contribution in [0.1, 0.15) is 10.5 Å². The van der Waals surface area contributed by atoms with Crippen LogP contribution in [0.5, 0.6) is 5.75 Å². The summed E-state index contributed by atoms with van der Waals surface area (Å²) in [6, 6.07) is 13.1. The lowest BCUT2D eigenvalue weighted by molar-refractivity contribution is 0.0727. The molecule has 0 saturated carbocycles. The SMILES string of the molecule is O=C(c1n[nH]c2ccccc12)N1C[C@@H](O)[C@H](Oc2cccc(F)c2)C1. The minimum Gasteiger partial charge on any atom is -0.486 e. The normalized spacial score (nSPS) is 20.2. The van der Waals surface area contributed by atoms with Crippen molar-refractivity contribution in [3.63, 3.8) is 0 Å². The van der Waals surface area contributed by atoms with Gasteiger partial charge in [-0.15, -0.1) is 0 Å². The first-order valence-corrected chi connectivity index (χ1v) is 7.94. The summed E-state index contributed by atoms with van der Waals surface area (Å²) in [5.41, 5.74) is 1.09. The number of halogens is 1. The number of aliphatic hydroxyl groups excluding tert-OH is 1. The Balaban J connectivity index is 1.51. The number of para-hydroxylation sites is 1. The van der Waals surface area contributed by atoms with Crippen LogP contribution in [0.15, 0.2) is 48.5 Å². The van der Waals surface area contributed by atoms with Crippen LogP contribution < -0.4 is 4.74 Å². The van der Waals surface area contributed by atoms with Gasteiger partial charge < -0.3 is 14.7 Å². The molecular formula is C18H16FN3O3. The molecule has 1 amide bonds. The van der Waals surface area contributed by atoms with Gasteiger partial charge in [0, 0.05) is 11.5 Å². The number of aliphatic hydroxyl groups is 1. The maximum Gasteiger partial charge on any atom is 0.275 e. The molecule has 1 aromatic heterocycles. The Hall–Kier alpha value is -2.93. The van der Waals surface area contributed by atoms with Gasteiger partial charge in [0.05, 0.1) is 18.6 Å². The summed E-state index contributed by atoms with van der Waals surface area (Å²) in [5.74, 6) is -0.369. The Labute approximate surface area is 142 Å². The molecule has 2 aromatic carbocycles. The number of carbonyl (C=O) groups is 1. The number of fused-ring (bicyclic) bond motifs is 1. The highest BCUT2D eigenvalue weighted by molar-refractivity contribution is 6.04. The molecule has 0 unspecified atom stereocenters. The van der Waals surface area contributed by atoms with Gasteiger partial charge in [0.2, 0.25) is 0 Å². The minimum absolute atomic E-state index is 0.139. The highest BCUT2D eigenvalue weighted by atomic mass is 19.1. The monoisotopic (exact) mass is 341 g/mol. The molecule has 2 heterocycles. The van der Waals surface area contributed by atoms with Crippen molar-refractivity contribution in [2.45, 2.75) is 12.2 Å². The molecule has 7 heteroatoms. The van der Waals surface area contributed by atoms with Gasteiger partial charge in [-0.3, -0.25) is 9.89 Å².